The molecular weight excluding hydrogens is 362 g/mol. The van der Waals surface area contributed by atoms with Crippen molar-refractivity contribution in [1.82, 2.24) is 15.1 Å². The third-order valence-electron chi connectivity index (χ3n) is 6.03. The molecule has 27 heavy (non-hydrogen) atoms. The first-order valence-corrected chi connectivity index (χ1v) is 10.4. The Hall–Kier alpha value is -1.59. The lowest BCUT2D eigenvalue weighted by molar-refractivity contribution is -0.134. The summed E-state index contributed by atoms with van der Waals surface area (Å²) in [4.78, 5) is 29.9. The molecule has 1 spiro atoms. The van der Waals surface area contributed by atoms with E-state index in [0.717, 1.165) is 32.1 Å². The zero-order valence-electron chi connectivity index (χ0n) is 16.1. The van der Waals surface area contributed by atoms with Gasteiger partial charge in [0.25, 0.3) is 5.91 Å². The van der Waals surface area contributed by atoms with Crippen molar-refractivity contribution >= 4 is 23.4 Å². The fourth-order valence-corrected chi connectivity index (χ4v) is 4.69. The second-order valence-electron chi connectivity index (χ2n) is 8.60. The van der Waals surface area contributed by atoms with E-state index in [2.05, 4.69) is 24.1 Å². The first-order chi connectivity index (χ1) is 12.9. The molecule has 3 fully saturated rings. The Bertz CT molecular complexity index is 721. The summed E-state index contributed by atoms with van der Waals surface area (Å²) in [5.74, 6) is 0.792. The van der Waals surface area contributed by atoms with Gasteiger partial charge in [0, 0.05) is 42.6 Å². The number of nitrogens with one attached hydrogen (secondary N) is 1. The Balaban J connectivity index is 1.47. The standard InChI is InChI=1S/C21H28ClN3O2/c1-14(2)13-18-20(27)25(17-7-8-17)21(23-18)9-11-24(12-10-21)19(26)15-3-5-16(22)6-4-15/h3-6,14,17-18,23H,7-13H2,1-2H3. The van der Waals surface area contributed by atoms with Crippen LogP contribution in [0.3, 0.4) is 0 Å². The van der Waals surface area contributed by atoms with Crippen molar-refractivity contribution in [3.63, 3.8) is 0 Å². The lowest BCUT2D eigenvalue weighted by Crippen LogP contribution is -2.60. The van der Waals surface area contributed by atoms with E-state index in [0.29, 0.717) is 35.6 Å². The minimum absolute atomic E-state index is 0.0440. The number of halogens is 1. The van der Waals surface area contributed by atoms with Gasteiger partial charge >= 0.3 is 0 Å². The Morgan fingerprint density at radius 3 is 2.41 bits per heavy atom. The van der Waals surface area contributed by atoms with Crippen LogP contribution in [0.5, 0.6) is 0 Å². The minimum atomic E-state index is -0.269. The second kappa shape index (κ2) is 7.10. The van der Waals surface area contributed by atoms with Crippen LogP contribution in [0.15, 0.2) is 24.3 Å². The van der Waals surface area contributed by atoms with Gasteiger partial charge in [-0.25, -0.2) is 0 Å². The van der Waals surface area contributed by atoms with Gasteiger partial charge in [-0.2, -0.15) is 0 Å². The van der Waals surface area contributed by atoms with Gasteiger partial charge in [0.2, 0.25) is 5.91 Å². The van der Waals surface area contributed by atoms with E-state index < -0.39 is 0 Å². The predicted octanol–water partition coefficient (Wildman–Crippen LogP) is 3.28. The van der Waals surface area contributed by atoms with E-state index in [4.69, 9.17) is 11.6 Å². The van der Waals surface area contributed by atoms with Crippen LogP contribution in [0.4, 0.5) is 0 Å². The highest BCUT2D eigenvalue weighted by molar-refractivity contribution is 6.30. The number of piperidine rings is 1. The molecule has 0 bridgehead atoms. The number of hydrogen-bond donors (Lipinski definition) is 1. The van der Waals surface area contributed by atoms with Gasteiger partial charge in [-0.1, -0.05) is 25.4 Å². The van der Waals surface area contributed by atoms with E-state index in [1.54, 1.807) is 24.3 Å². The van der Waals surface area contributed by atoms with Gasteiger partial charge in [0.1, 0.15) is 0 Å². The second-order valence-corrected chi connectivity index (χ2v) is 9.03. The average molecular weight is 390 g/mol. The van der Waals surface area contributed by atoms with Gasteiger partial charge < -0.3 is 9.80 Å². The molecule has 1 N–H and O–H groups in total. The van der Waals surface area contributed by atoms with Gasteiger partial charge in [0.05, 0.1) is 11.7 Å². The summed E-state index contributed by atoms with van der Waals surface area (Å²) in [5.41, 5.74) is 0.400. The highest BCUT2D eigenvalue weighted by Crippen LogP contribution is 2.42. The molecule has 1 aromatic rings. The molecule has 2 heterocycles. The van der Waals surface area contributed by atoms with Gasteiger partial charge in [0.15, 0.2) is 0 Å². The van der Waals surface area contributed by atoms with Crippen molar-refractivity contribution in [2.45, 2.75) is 63.7 Å². The van der Waals surface area contributed by atoms with E-state index >= 15 is 0 Å². The maximum atomic E-state index is 13.0. The molecular formula is C21H28ClN3O2. The highest BCUT2D eigenvalue weighted by atomic mass is 35.5. The molecule has 5 nitrogen and oxygen atoms in total. The van der Waals surface area contributed by atoms with Crippen LogP contribution in [-0.2, 0) is 4.79 Å². The van der Waals surface area contributed by atoms with E-state index in [1.807, 2.05) is 4.90 Å². The molecule has 1 saturated carbocycles. The molecule has 146 valence electrons. The lowest BCUT2D eigenvalue weighted by Gasteiger charge is -2.45. The smallest absolute Gasteiger partial charge is 0.253 e. The molecule has 6 heteroatoms. The van der Waals surface area contributed by atoms with Crippen molar-refractivity contribution < 1.29 is 9.59 Å². The largest absolute Gasteiger partial charge is 0.338 e. The number of nitrogens with zero attached hydrogens (tertiary/aromatic N) is 2. The number of amides is 2. The van der Waals surface area contributed by atoms with Crippen LogP contribution in [0.1, 0.15) is 56.3 Å². The monoisotopic (exact) mass is 389 g/mol. The Labute approximate surface area is 166 Å². The van der Waals surface area contributed by atoms with Gasteiger partial charge in [-0.15, -0.1) is 0 Å². The van der Waals surface area contributed by atoms with Crippen molar-refractivity contribution in [1.29, 1.82) is 0 Å². The van der Waals surface area contributed by atoms with Crippen LogP contribution < -0.4 is 5.32 Å². The first kappa shape index (κ1) is 18.8. The quantitative estimate of drug-likeness (QED) is 0.859. The first-order valence-electron chi connectivity index (χ1n) is 10.1. The Kier molecular flexibility index (Phi) is 4.93. The topological polar surface area (TPSA) is 52.7 Å². The lowest BCUT2D eigenvalue weighted by atomic mass is 9.95. The van der Waals surface area contributed by atoms with Gasteiger partial charge in [-0.05, 0) is 49.4 Å². The van der Waals surface area contributed by atoms with E-state index in [9.17, 15) is 9.59 Å². The van der Waals surface area contributed by atoms with E-state index in [-0.39, 0.29) is 23.5 Å². The van der Waals surface area contributed by atoms with Crippen LogP contribution in [0, 0.1) is 5.92 Å². The molecule has 1 aliphatic carbocycles. The number of rotatable bonds is 4. The molecule has 2 saturated heterocycles. The SMILES string of the molecule is CC(C)CC1NC2(CCN(C(=O)c3ccc(Cl)cc3)CC2)N(C2CC2)C1=O. The Morgan fingerprint density at radius 1 is 1.22 bits per heavy atom. The third-order valence-corrected chi connectivity index (χ3v) is 6.28. The summed E-state index contributed by atoms with van der Waals surface area (Å²) >= 11 is 5.93. The number of likely N-dealkylation sites (tertiary alicyclic amines) is 1. The van der Waals surface area contributed by atoms with Crippen molar-refractivity contribution in [2.75, 3.05) is 13.1 Å². The van der Waals surface area contributed by atoms with Crippen LogP contribution in [0.2, 0.25) is 5.02 Å². The zero-order chi connectivity index (χ0) is 19.2. The number of carbonyl (C=O) groups is 2. The minimum Gasteiger partial charge on any atom is -0.338 e. The molecule has 1 aromatic carbocycles. The van der Waals surface area contributed by atoms with E-state index in [1.165, 1.54) is 0 Å². The van der Waals surface area contributed by atoms with Crippen molar-refractivity contribution in [2.24, 2.45) is 5.92 Å². The number of benzene rings is 1. The zero-order valence-corrected chi connectivity index (χ0v) is 16.8. The summed E-state index contributed by atoms with van der Waals surface area (Å²) in [6.45, 7) is 5.66. The molecule has 2 aliphatic heterocycles. The maximum Gasteiger partial charge on any atom is 0.253 e. The van der Waals surface area contributed by atoms with Crippen LogP contribution >= 0.6 is 11.6 Å². The number of hydrogen-bond acceptors (Lipinski definition) is 3. The number of carbonyl (C=O) groups excluding carboxylic acids is 2. The van der Waals surface area contributed by atoms with Crippen molar-refractivity contribution in [3.05, 3.63) is 34.9 Å². The molecule has 0 aromatic heterocycles. The summed E-state index contributed by atoms with van der Waals surface area (Å²) < 4.78 is 0. The predicted molar refractivity (Wildman–Crippen MR) is 106 cm³/mol. The van der Waals surface area contributed by atoms with Gasteiger partial charge in [-0.3, -0.25) is 14.9 Å². The van der Waals surface area contributed by atoms with Crippen LogP contribution in [0.25, 0.3) is 0 Å². The van der Waals surface area contributed by atoms with Crippen LogP contribution in [-0.4, -0.2) is 52.5 Å². The fraction of sp³-hybridized carbons (Fsp3) is 0.619. The highest BCUT2D eigenvalue weighted by Gasteiger charge is 2.56. The molecule has 1 atom stereocenters. The summed E-state index contributed by atoms with van der Waals surface area (Å²) in [7, 11) is 0. The summed E-state index contributed by atoms with van der Waals surface area (Å²) in [6.07, 6.45) is 4.68. The maximum absolute atomic E-state index is 13.0. The molecule has 2 amide bonds. The Morgan fingerprint density at radius 2 is 1.85 bits per heavy atom. The molecule has 4 rings (SSSR count). The average Bonchev–Trinajstić information content (AvgIpc) is 3.43. The summed E-state index contributed by atoms with van der Waals surface area (Å²) in [5, 5.41) is 4.32. The molecule has 0 radical (unpaired) electrons. The molecule has 1 unspecified atom stereocenters. The normalized spacial score (nSPS) is 24.9. The fourth-order valence-electron chi connectivity index (χ4n) is 4.57. The van der Waals surface area contributed by atoms with Crippen molar-refractivity contribution in [3.8, 4) is 0 Å². The summed E-state index contributed by atoms with van der Waals surface area (Å²) in [6, 6.07) is 7.37. The third kappa shape index (κ3) is 3.59. The molecule has 3 aliphatic rings.